The summed E-state index contributed by atoms with van der Waals surface area (Å²) in [7, 11) is 0. The Kier molecular flexibility index (Phi) is 7.06. The highest BCUT2D eigenvalue weighted by molar-refractivity contribution is 5.89. The lowest BCUT2D eigenvalue weighted by atomic mass is 9.64. The van der Waals surface area contributed by atoms with Crippen LogP contribution in [-0.4, -0.2) is 39.8 Å². The van der Waals surface area contributed by atoms with E-state index < -0.39 is 23.7 Å². The van der Waals surface area contributed by atoms with E-state index in [-0.39, 0.29) is 12.3 Å². The lowest BCUT2D eigenvalue weighted by Gasteiger charge is -2.41. The fraction of sp³-hybridized carbons (Fsp3) is 0.348. The standard InChI is InChI=1S/C23H26N2O5/c1-2-12-25(22(26)19-13-20(23(27)28)21(19)14-24-29)15-16-8-10-18(11-9-16)30-17-6-4-3-5-7-17/h3-11,14,19-21,29H,2,12-13,15H2,1H3,(H,27,28). The second-order valence-corrected chi connectivity index (χ2v) is 7.45. The van der Waals surface area contributed by atoms with Crippen molar-refractivity contribution >= 4 is 18.1 Å². The minimum absolute atomic E-state index is 0.108. The summed E-state index contributed by atoms with van der Waals surface area (Å²) in [4.78, 5) is 26.1. The minimum atomic E-state index is -0.972. The molecule has 1 aliphatic rings. The van der Waals surface area contributed by atoms with Crippen molar-refractivity contribution in [1.82, 2.24) is 4.90 Å². The third-order valence-electron chi connectivity index (χ3n) is 5.39. The van der Waals surface area contributed by atoms with Gasteiger partial charge in [-0.1, -0.05) is 37.3 Å². The SMILES string of the molecule is CCCN(Cc1ccc(Oc2ccccc2)cc1)C(=O)C1CC(C(=O)O)C1C=NO. The molecule has 2 aromatic carbocycles. The normalized spacial score (nSPS) is 20.5. The van der Waals surface area contributed by atoms with Crippen LogP contribution in [0, 0.1) is 17.8 Å². The van der Waals surface area contributed by atoms with Gasteiger partial charge in [0, 0.05) is 31.1 Å². The van der Waals surface area contributed by atoms with Crippen molar-refractivity contribution in [3.8, 4) is 11.5 Å². The van der Waals surface area contributed by atoms with Crippen LogP contribution in [0.5, 0.6) is 11.5 Å². The van der Waals surface area contributed by atoms with E-state index in [0.717, 1.165) is 17.7 Å². The molecule has 0 aliphatic heterocycles. The third kappa shape index (κ3) is 4.97. The number of carboxylic acid groups (broad SMARTS) is 1. The zero-order valence-electron chi connectivity index (χ0n) is 16.8. The maximum atomic E-state index is 13.0. The topological polar surface area (TPSA) is 99.4 Å². The first-order chi connectivity index (χ1) is 14.5. The van der Waals surface area contributed by atoms with Crippen LogP contribution in [0.4, 0.5) is 0 Å². The molecule has 2 N–H and O–H groups in total. The van der Waals surface area contributed by atoms with Crippen molar-refractivity contribution in [2.45, 2.75) is 26.3 Å². The number of aliphatic carboxylic acids is 1. The van der Waals surface area contributed by atoms with Gasteiger partial charge in [0.05, 0.1) is 5.92 Å². The Morgan fingerprint density at radius 3 is 2.37 bits per heavy atom. The van der Waals surface area contributed by atoms with E-state index in [1.165, 1.54) is 6.21 Å². The second-order valence-electron chi connectivity index (χ2n) is 7.45. The Morgan fingerprint density at radius 2 is 1.77 bits per heavy atom. The van der Waals surface area contributed by atoms with Gasteiger partial charge in [0.25, 0.3) is 0 Å². The average molecular weight is 410 g/mol. The number of rotatable bonds is 9. The van der Waals surface area contributed by atoms with Crippen LogP contribution in [0.3, 0.4) is 0 Å². The van der Waals surface area contributed by atoms with Crippen molar-refractivity contribution < 1.29 is 24.6 Å². The van der Waals surface area contributed by atoms with Gasteiger partial charge in [-0.25, -0.2) is 0 Å². The number of carbonyl (C=O) groups is 2. The number of nitrogens with zero attached hydrogens (tertiary/aromatic N) is 2. The van der Waals surface area contributed by atoms with E-state index >= 15 is 0 Å². The van der Waals surface area contributed by atoms with Crippen molar-refractivity contribution in [2.75, 3.05) is 6.54 Å². The molecule has 0 aromatic heterocycles. The Bertz CT molecular complexity index is 882. The summed E-state index contributed by atoms with van der Waals surface area (Å²) in [5, 5.41) is 21.1. The number of amides is 1. The molecule has 0 heterocycles. The molecule has 0 saturated heterocycles. The molecule has 1 aliphatic carbocycles. The maximum absolute atomic E-state index is 13.0. The molecule has 0 radical (unpaired) electrons. The number of benzene rings is 2. The second kappa shape index (κ2) is 9.91. The molecule has 0 spiro atoms. The largest absolute Gasteiger partial charge is 0.481 e. The van der Waals surface area contributed by atoms with Gasteiger partial charge in [0.1, 0.15) is 11.5 Å². The van der Waals surface area contributed by atoms with E-state index in [0.29, 0.717) is 18.8 Å². The van der Waals surface area contributed by atoms with Gasteiger partial charge in [0.2, 0.25) is 5.91 Å². The highest BCUT2D eigenvalue weighted by Crippen LogP contribution is 2.41. The Labute approximate surface area is 175 Å². The molecule has 1 amide bonds. The Balaban J connectivity index is 1.66. The van der Waals surface area contributed by atoms with Crippen molar-refractivity contribution in [2.24, 2.45) is 22.9 Å². The molecule has 1 fully saturated rings. The molecule has 2 aromatic rings. The van der Waals surface area contributed by atoms with Crippen molar-refractivity contribution in [3.05, 3.63) is 60.2 Å². The zero-order chi connectivity index (χ0) is 21.5. The molecule has 7 nitrogen and oxygen atoms in total. The predicted molar refractivity (Wildman–Crippen MR) is 112 cm³/mol. The zero-order valence-corrected chi connectivity index (χ0v) is 16.8. The number of carbonyl (C=O) groups excluding carboxylic acids is 1. The smallest absolute Gasteiger partial charge is 0.307 e. The predicted octanol–water partition coefficient (Wildman–Crippen LogP) is 4.01. The summed E-state index contributed by atoms with van der Waals surface area (Å²) in [5.41, 5.74) is 0.957. The third-order valence-corrected chi connectivity index (χ3v) is 5.39. The van der Waals surface area contributed by atoms with Crippen molar-refractivity contribution in [1.29, 1.82) is 0 Å². The first-order valence-electron chi connectivity index (χ1n) is 10.0. The van der Waals surface area contributed by atoms with Crippen molar-refractivity contribution in [3.63, 3.8) is 0 Å². The van der Waals surface area contributed by atoms with E-state index in [4.69, 9.17) is 9.94 Å². The molecule has 7 heteroatoms. The summed E-state index contributed by atoms with van der Waals surface area (Å²) in [6.07, 6.45) is 2.22. The van der Waals surface area contributed by atoms with Gasteiger partial charge in [-0.15, -0.1) is 5.16 Å². The summed E-state index contributed by atoms with van der Waals surface area (Å²) in [5.74, 6) is -1.37. The minimum Gasteiger partial charge on any atom is -0.481 e. The Morgan fingerprint density at radius 1 is 1.10 bits per heavy atom. The number of para-hydroxylation sites is 1. The van der Waals surface area contributed by atoms with E-state index in [9.17, 15) is 14.7 Å². The molecular formula is C23H26N2O5. The molecule has 30 heavy (non-hydrogen) atoms. The summed E-state index contributed by atoms with van der Waals surface area (Å²) < 4.78 is 5.80. The van der Waals surface area contributed by atoms with Crippen LogP contribution < -0.4 is 4.74 Å². The first kappa shape index (κ1) is 21.4. The summed E-state index contributed by atoms with van der Waals surface area (Å²) >= 11 is 0. The monoisotopic (exact) mass is 410 g/mol. The van der Waals surface area contributed by atoms with E-state index in [1.807, 2.05) is 61.5 Å². The number of ether oxygens (including phenoxy) is 1. The number of oxime groups is 1. The fourth-order valence-corrected chi connectivity index (χ4v) is 3.77. The van der Waals surface area contributed by atoms with Gasteiger partial charge < -0.3 is 20.0 Å². The van der Waals surface area contributed by atoms with Crippen LogP contribution in [-0.2, 0) is 16.1 Å². The molecule has 158 valence electrons. The lowest BCUT2D eigenvalue weighted by Crippen LogP contribution is -2.51. The number of hydrogen-bond acceptors (Lipinski definition) is 5. The lowest BCUT2D eigenvalue weighted by molar-refractivity contribution is -0.154. The Hall–Kier alpha value is -3.35. The number of carboxylic acids is 1. The molecular weight excluding hydrogens is 384 g/mol. The molecule has 1 saturated carbocycles. The van der Waals surface area contributed by atoms with Gasteiger partial charge in [-0.05, 0) is 42.7 Å². The number of hydrogen-bond donors (Lipinski definition) is 2. The molecule has 3 rings (SSSR count). The molecule has 3 atom stereocenters. The van der Waals surface area contributed by atoms with Gasteiger partial charge >= 0.3 is 5.97 Å². The highest BCUT2D eigenvalue weighted by atomic mass is 16.5. The van der Waals surface area contributed by atoms with Crippen LogP contribution in [0.25, 0.3) is 0 Å². The quantitative estimate of drug-likeness (QED) is 0.370. The molecule has 0 bridgehead atoms. The van der Waals surface area contributed by atoms with E-state index in [1.54, 1.807) is 4.90 Å². The molecule has 3 unspecified atom stereocenters. The highest BCUT2D eigenvalue weighted by Gasteiger charge is 2.49. The van der Waals surface area contributed by atoms with Crippen LogP contribution in [0.1, 0.15) is 25.3 Å². The van der Waals surface area contributed by atoms with Crippen LogP contribution in [0.2, 0.25) is 0 Å². The first-order valence-corrected chi connectivity index (χ1v) is 10.0. The average Bonchev–Trinajstić information content (AvgIpc) is 2.72. The van der Waals surface area contributed by atoms with Crippen LogP contribution >= 0.6 is 0 Å². The van der Waals surface area contributed by atoms with E-state index in [2.05, 4.69) is 5.16 Å². The van der Waals surface area contributed by atoms with Gasteiger partial charge in [-0.3, -0.25) is 9.59 Å². The van der Waals surface area contributed by atoms with Crippen LogP contribution in [0.15, 0.2) is 59.8 Å². The van der Waals surface area contributed by atoms with Gasteiger partial charge in [0.15, 0.2) is 0 Å². The van der Waals surface area contributed by atoms with Gasteiger partial charge in [-0.2, -0.15) is 0 Å². The maximum Gasteiger partial charge on any atom is 0.307 e. The fourth-order valence-electron chi connectivity index (χ4n) is 3.77. The summed E-state index contributed by atoms with van der Waals surface area (Å²) in [6, 6.07) is 17.1. The summed E-state index contributed by atoms with van der Waals surface area (Å²) in [6.45, 7) is 2.98.